The molecule has 0 spiro atoms. The van der Waals surface area contributed by atoms with Crippen molar-refractivity contribution < 1.29 is 19.2 Å². The number of nitrogens with one attached hydrogen (secondary N) is 1. The average molecular weight is 270 g/mol. The number of carboxylic acid groups (broad SMARTS) is 1. The molecule has 0 saturated heterocycles. The van der Waals surface area contributed by atoms with Gasteiger partial charge in [0.15, 0.2) is 0 Å². The van der Waals surface area contributed by atoms with Crippen LogP contribution in [0.4, 0.5) is 10.1 Å². The van der Waals surface area contributed by atoms with Gasteiger partial charge in [0, 0.05) is 12.6 Å². The van der Waals surface area contributed by atoms with Crippen molar-refractivity contribution in [1.82, 2.24) is 5.32 Å². The molecule has 0 amide bonds. The van der Waals surface area contributed by atoms with E-state index in [1.54, 1.807) is 0 Å². The van der Waals surface area contributed by atoms with E-state index in [9.17, 15) is 19.3 Å². The van der Waals surface area contributed by atoms with Crippen LogP contribution in [0.1, 0.15) is 25.3 Å². The molecule has 0 bridgehead atoms. The first-order valence-corrected chi connectivity index (χ1v) is 5.84. The Kier molecular flexibility index (Phi) is 5.37. The quantitative estimate of drug-likeness (QED) is 0.584. The Morgan fingerprint density at radius 2 is 2.21 bits per heavy atom. The van der Waals surface area contributed by atoms with E-state index >= 15 is 0 Å². The number of benzene rings is 1. The lowest BCUT2D eigenvalue weighted by molar-refractivity contribution is -0.385. The summed E-state index contributed by atoms with van der Waals surface area (Å²) in [5.74, 6) is -1.71. The zero-order valence-electron chi connectivity index (χ0n) is 10.4. The van der Waals surface area contributed by atoms with Gasteiger partial charge in [0.05, 0.1) is 11.0 Å². The summed E-state index contributed by atoms with van der Waals surface area (Å²) in [6.07, 6.45) is 1.13. The summed E-state index contributed by atoms with van der Waals surface area (Å²) in [7, 11) is 0. The lowest BCUT2D eigenvalue weighted by Crippen LogP contribution is -2.36. The summed E-state index contributed by atoms with van der Waals surface area (Å²) in [5, 5.41) is 22.3. The minimum absolute atomic E-state index is 0.0650. The number of halogens is 1. The molecular weight excluding hydrogens is 255 g/mol. The van der Waals surface area contributed by atoms with Crippen molar-refractivity contribution in [1.29, 1.82) is 0 Å². The third-order valence-corrected chi connectivity index (χ3v) is 2.58. The summed E-state index contributed by atoms with van der Waals surface area (Å²) < 4.78 is 13.2. The third-order valence-electron chi connectivity index (χ3n) is 2.58. The van der Waals surface area contributed by atoms with Crippen molar-refractivity contribution in [3.05, 3.63) is 39.7 Å². The molecule has 104 valence electrons. The predicted octanol–water partition coefficient (Wildman–Crippen LogP) is 2.08. The van der Waals surface area contributed by atoms with Crippen molar-refractivity contribution in [2.75, 3.05) is 0 Å². The Labute approximate surface area is 109 Å². The normalized spacial score (nSPS) is 12.1. The van der Waals surface area contributed by atoms with Gasteiger partial charge in [0.1, 0.15) is 11.9 Å². The van der Waals surface area contributed by atoms with Crippen LogP contribution in [0.2, 0.25) is 0 Å². The van der Waals surface area contributed by atoms with Gasteiger partial charge in [-0.3, -0.25) is 14.9 Å². The fraction of sp³-hybridized carbons (Fsp3) is 0.417. The van der Waals surface area contributed by atoms with Gasteiger partial charge in [-0.15, -0.1) is 0 Å². The highest BCUT2D eigenvalue weighted by Crippen LogP contribution is 2.16. The Hall–Kier alpha value is -2.02. The Balaban J connectivity index is 2.76. The van der Waals surface area contributed by atoms with Crippen LogP contribution in [0.3, 0.4) is 0 Å². The van der Waals surface area contributed by atoms with Gasteiger partial charge in [-0.25, -0.2) is 4.39 Å². The van der Waals surface area contributed by atoms with Crippen molar-refractivity contribution >= 4 is 11.7 Å². The maximum atomic E-state index is 13.2. The molecule has 1 atom stereocenters. The third kappa shape index (κ3) is 4.63. The summed E-state index contributed by atoms with van der Waals surface area (Å²) >= 11 is 0. The molecule has 0 heterocycles. The number of nitrogens with zero attached hydrogens (tertiary/aromatic N) is 1. The molecule has 0 fully saturated rings. The van der Waals surface area contributed by atoms with E-state index in [0.29, 0.717) is 18.4 Å². The van der Waals surface area contributed by atoms with E-state index in [1.165, 1.54) is 6.07 Å². The Morgan fingerprint density at radius 3 is 2.74 bits per heavy atom. The fourth-order valence-corrected chi connectivity index (χ4v) is 1.68. The maximum absolute atomic E-state index is 13.2. The van der Waals surface area contributed by atoms with Crippen LogP contribution in [0.25, 0.3) is 0 Å². The van der Waals surface area contributed by atoms with Gasteiger partial charge in [-0.05, 0) is 18.1 Å². The number of nitro benzene ring substituents is 1. The molecular formula is C12H15FN2O4. The average Bonchev–Trinajstić information content (AvgIpc) is 2.33. The molecule has 0 aliphatic heterocycles. The molecule has 1 aromatic rings. The molecule has 6 nitrogen and oxygen atoms in total. The van der Waals surface area contributed by atoms with E-state index in [2.05, 4.69) is 5.32 Å². The highest BCUT2D eigenvalue weighted by molar-refractivity contribution is 5.73. The first-order valence-electron chi connectivity index (χ1n) is 5.84. The summed E-state index contributed by atoms with van der Waals surface area (Å²) in [6, 6.07) is 2.45. The van der Waals surface area contributed by atoms with E-state index in [4.69, 9.17) is 5.11 Å². The molecule has 7 heteroatoms. The van der Waals surface area contributed by atoms with Gasteiger partial charge in [-0.2, -0.15) is 0 Å². The fourth-order valence-electron chi connectivity index (χ4n) is 1.68. The second-order valence-corrected chi connectivity index (χ2v) is 4.14. The largest absolute Gasteiger partial charge is 0.480 e. The molecule has 1 unspecified atom stereocenters. The molecule has 1 rings (SSSR count). The topological polar surface area (TPSA) is 92.5 Å². The predicted molar refractivity (Wildman–Crippen MR) is 66.2 cm³/mol. The van der Waals surface area contributed by atoms with Crippen LogP contribution < -0.4 is 5.32 Å². The molecule has 0 aliphatic carbocycles. The molecule has 19 heavy (non-hydrogen) atoms. The van der Waals surface area contributed by atoms with E-state index in [-0.39, 0.29) is 12.2 Å². The molecule has 0 aliphatic rings. The van der Waals surface area contributed by atoms with Gasteiger partial charge >= 0.3 is 5.97 Å². The smallest absolute Gasteiger partial charge is 0.320 e. The zero-order chi connectivity index (χ0) is 14.4. The standard InChI is InChI=1S/C12H15FN2O4/c1-2-3-11(12(16)17)14-7-8-4-9(13)6-10(5-8)15(18)19/h4-6,11,14H,2-3,7H2,1H3,(H,16,17). The van der Waals surface area contributed by atoms with Crippen molar-refractivity contribution in [3.63, 3.8) is 0 Å². The Morgan fingerprint density at radius 1 is 1.53 bits per heavy atom. The number of carbonyl (C=O) groups is 1. The van der Waals surface area contributed by atoms with Crippen molar-refractivity contribution in [3.8, 4) is 0 Å². The Bertz CT molecular complexity index is 479. The number of hydrogen-bond acceptors (Lipinski definition) is 4. The summed E-state index contributed by atoms with van der Waals surface area (Å²) in [4.78, 5) is 20.8. The monoisotopic (exact) mass is 270 g/mol. The van der Waals surface area contributed by atoms with Gasteiger partial charge in [-0.1, -0.05) is 13.3 Å². The number of non-ortho nitro benzene ring substituents is 1. The van der Waals surface area contributed by atoms with Crippen LogP contribution in [0.5, 0.6) is 0 Å². The SMILES string of the molecule is CCCC(NCc1cc(F)cc([N+](=O)[O-])c1)C(=O)O. The number of nitro groups is 1. The van der Waals surface area contributed by atoms with Gasteiger partial charge in [0.25, 0.3) is 5.69 Å². The molecule has 0 aromatic heterocycles. The first kappa shape index (κ1) is 15.0. The van der Waals surface area contributed by atoms with Crippen molar-refractivity contribution in [2.45, 2.75) is 32.4 Å². The van der Waals surface area contributed by atoms with Crippen LogP contribution in [0.15, 0.2) is 18.2 Å². The van der Waals surface area contributed by atoms with Crippen LogP contribution in [0, 0.1) is 15.9 Å². The van der Waals surface area contributed by atoms with E-state index in [1.807, 2.05) is 6.92 Å². The zero-order valence-corrected chi connectivity index (χ0v) is 10.4. The lowest BCUT2D eigenvalue weighted by Gasteiger charge is -2.13. The van der Waals surface area contributed by atoms with E-state index < -0.39 is 22.8 Å². The highest BCUT2D eigenvalue weighted by Gasteiger charge is 2.16. The van der Waals surface area contributed by atoms with Crippen LogP contribution >= 0.6 is 0 Å². The van der Waals surface area contributed by atoms with Gasteiger partial charge < -0.3 is 10.4 Å². The van der Waals surface area contributed by atoms with Crippen molar-refractivity contribution in [2.24, 2.45) is 0 Å². The van der Waals surface area contributed by atoms with E-state index in [0.717, 1.165) is 12.1 Å². The number of rotatable bonds is 7. The van der Waals surface area contributed by atoms with Gasteiger partial charge in [0.2, 0.25) is 0 Å². The molecule has 0 radical (unpaired) electrons. The minimum atomic E-state index is -0.993. The van der Waals surface area contributed by atoms with Crippen LogP contribution in [-0.4, -0.2) is 22.0 Å². The number of carboxylic acids is 1. The second kappa shape index (κ2) is 6.79. The molecule has 0 saturated carbocycles. The highest BCUT2D eigenvalue weighted by atomic mass is 19.1. The second-order valence-electron chi connectivity index (χ2n) is 4.14. The minimum Gasteiger partial charge on any atom is -0.480 e. The summed E-state index contributed by atoms with van der Waals surface area (Å²) in [6.45, 7) is 1.92. The first-order chi connectivity index (χ1) is 8.93. The summed E-state index contributed by atoms with van der Waals surface area (Å²) in [5.41, 5.74) is -0.00628. The maximum Gasteiger partial charge on any atom is 0.320 e. The van der Waals surface area contributed by atoms with Crippen LogP contribution in [-0.2, 0) is 11.3 Å². The number of aliphatic carboxylic acids is 1. The number of hydrogen-bond donors (Lipinski definition) is 2. The molecule has 2 N–H and O–H groups in total. The lowest BCUT2D eigenvalue weighted by atomic mass is 10.1. The molecule has 1 aromatic carbocycles.